The van der Waals surface area contributed by atoms with Crippen LogP contribution in [-0.4, -0.2) is 55.0 Å². The molecule has 5 nitrogen and oxygen atoms in total. The van der Waals surface area contributed by atoms with Crippen molar-refractivity contribution in [2.45, 2.75) is 19.9 Å². The van der Waals surface area contributed by atoms with E-state index in [-0.39, 0.29) is 18.1 Å². The van der Waals surface area contributed by atoms with E-state index in [1.54, 1.807) is 13.2 Å². The lowest BCUT2D eigenvalue weighted by Gasteiger charge is -2.25. The fourth-order valence-corrected chi connectivity index (χ4v) is 3.50. The average molecular weight is 397 g/mol. The van der Waals surface area contributed by atoms with Gasteiger partial charge in [0.15, 0.2) is 0 Å². The maximum Gasteiger partial charge on any atom is 0.227 e. The van der Waals surface area contributed by atoms with Crippen molar-refractivity contribution >= 4 is 16.8 Å². The van der Waals surface area contributed by atoms with Gasteiger partial charge in [-0.1, -0.05) is 18.2 Å². The van der Waals surface area contributed by atoms with Crippen molar-refractivity contribution in [1.82, 2.24) is 14.8 Å². The molecular formula is C23H28FN3O2. The highest BCUT2D eigenvalue weighted by Gasteiger charge is 2.20. The fraction of sp³-hybridized carbons (Fsp3) is 0.348. The standard InChI is InChI=1S/C23H28FN3O2/c1-16-19(20-13-18(24)9-10-21(20)25-16)14-23(28)27(12-11-26(2)3)15-17-7-5-6-8-22(17)29-4/h5-10,13,25H,11-12,14-15H2,1-4H3. The van der Waals surface area contributed by atoms with Crippen LogP contribution >= 0.6 is 0 Å². The summed E-state index contributed by atoms with van der Waals surface area (Å²) in [6, 6.07) is 12.4. The smallest absolute Gasteiger partial charge is 0.227 e. The van der Waals surface area contributed by atoms with Crippen molar-refractivity contribution in [3.8, 4) is 5.75 Å². The van der Waals surface area contributed by atoms with Gasteiger partial charge < -0.3 is 19.5 Å². The Kier molecular flexibility index (Phi) is 6.54. The molecular weight excluding hydrogens is 369 g/mol. The molecule has 0 saturated heterocycles. The molecule has 1 aromatic heterocycles. The molecule has 0 aliphatic carbocycles. The summed E-state index contributed by atoms with van der Waals surface area (Å²) in [7, 11) is 5.60. The van der Waals surface area contributed by atoms with E-state index in [0.29, 0.717) is 13.1 Å². The number of H-pyrrole nitrogens is 1. The number of methoxy groups -OCH3 is 1. The zero-order chi connectivity index (χ0) is 21.0. The Hall–Kier alpha value is -2.86. The lowest BCUT2D eigenvalue weighted by molar-refractivity contribution is -0.131. The largest absolute Gasteiger partial charge is 0.496 e. The molecule has 3 rings (SSSR count). The first-order valence-corrected chi connectivity index (χ1v) is 9.70. The minimum absolute atomic E-state index is 0.00557. The number of fused-ring (bicyclic) bond motifs is 1. The molecule has 1 N–H and O–H groups in total. The maximum absolute atomic E-state index is 13.8. The second-order valence-corrected chi connectivity index (χ2v) is 7.53. The molecule has 0 radical (unpaired) electrons. The van der Waals surface area contributed by atoms with Gasteiger partial charge in [0, 0.05) is 41.8 Å². The van der Waals surface area contributed by atoms with Crippen LogP contribution in [0.1, 0.15) is 16.8 Å². The van der Waals surface area contributed by atoms with Crippen LogP contribution in [0, 0.1) is 12.7 Å². The first-order valence-electron chi connectivity index (χ1n) is 9.70. The predicted octanol–water partition coefficient (Wildman–Crippen LogP) is 3.76. The predicted molar refractivity (Wildman–Crippen MR) is 114 cm³/mol. The van der Waals surface area contributed by atoms with E-state index in [2.05, 4.69) is 9.88 Å². The van der Waals surface area contributed by atoms with E-state index in [1.165, 1.54) is 12.1 Å². The Morgan fingerprint density at radius 1 is 1.14 bits per heavy atom. The van der Waals surface area contributed by atoms with Crippen LogP contribution in [0.4, 0.5) is 4.39 Å². The van der Waals surface area contributed by atoms with Gasteiger partial charge in [0.25, 0.3) is 0 Å². The summed E-state index contributed by atoms with van der Waals surface area (Å²) < 4.78 is 19.2. The van der Waals surface area contributed by atoms with Crippen LogP contribution in [0.5, 0.6) is 5.75 Å². The van der Waals surface area contributed by atoms with E-state index in [4.69, 9.17) is 4.74 Å². The molecule has 0 atom stereocenters. The van der Waals surface area contributed by atoms with Gasteiger partial charge in [0.05, 0.1) is 13.5 Å². The third-order valence-electron chi connectivity index (χ3n) is 5.13. The van der Waals surface area contributed by atoms with Crippen molar-refractivity contribution in [2.24, 2.45) is 0 Å². The molecule has 0 aliphatic heterocycles. The second-order valence-electron chi connectivity index (χ2n) is 7.53. The number of rotatable bonds is 8. The monoisotopic (exact) mass is 397 g/mol. The topological polar surface area (TPSA) is 48.6 Å². The Bertz CT molecular complexity index is 997. The lowest BCUT2D eigenvalue weighted by Crippen LogP contribution is -2.37. The van der Waals surface area contributed by atoms with E-state index >= 15 is 0 Å². The number of nitrogens with zero attached hydrogens (tertiary/aromatic N) is 2. The zero-order valence-electron chi connectivity index (χ0n) is 17.5. The Morgan fingerprint density at radius 2 is 1.90 bits per heavy atom. The summed E-state index contributed by atoms with van der Waals surface area (Å²) in [5.74, 6) is 0.468. The molecule has 0 unspecified atom stereocenters. The zero-order valence-corrected chi connectivity index (χ0v) is 17.5. The van der Waals surface area contributed by atoms with Crippen molar-refractivity contribution in [1.29, 1.82) is 0 Å². The number of para-hydroxylation sites is 1. The molecule has 1 amide bonds. The lowest BCUT2D eigenvalue weighted by atomic mass is 10.1. The summed E-state index contributed by atoms with van der Waals surface area (Å²) in [4.78, 5) is 20.4. The number of hydrogen-bond acceptors (Lipinski definition) is 3. The van der Waals surface area contributed by atoms with Gasteiger partial charge in [-0.25, -0.2) is 4.39 Å². The first-order chi connectivity index (χ1) is 13.9. The highest BCUT2D eigenvalue weighted by molar-refractivity contribution is 5.90. The number of ether oxygens (including phenoxy) is 1. The molecule has 6 heteroatoms. The Morgan fingerprint density at radius 3 is 2.62 bits per heavy atom. The van der Waals surface area contributed by atoms with Gasteiger partial charge in [-0.2, -0.15) is 0 Å². The number of aryl methyl sites for hydroxylation is 1. The van der Waals surface area contributed by atoms with E-state index in [9.17, 15) is 9.18 Å². The number of aromatic nitrogens is 1. The number of nitrogens with one attached hydrogen (secondary N) is 1. The molecule has 0 spiro atoms. The van der Waals surface area contributed by atoms with Crippen LogP contribution in [0.3, 0.4) is 0 Å². The molecule has 0 saturated carbocycles. The highest BCUT2D eigenvalue weighted by atomic mass is 19.1. The molecule has 0 aliphatic rings. The quantitative estimate of drug-likeness (QED) is 0.630. The summed E-state index contributed by atoms with van der Waals surface area (Å²) >= 11 is 0. The van der Waals surface area contributed by atoms with E-state index in [0.717, 1.165) is 40.0 Å². The highest BCUT2D eigenvalue weighted by Crippen LogP contribution is 2.25. The second kappa shape index (κ2) is 9.09. The molecule has 154 valence electrons. The van der Waals surface area contributed by atoms with Crippen LogP contribution in [0.15, 0.2) is 42.5 Å². The number of likely N-dealkylation sites (N-methyl/N-ethyl adjacent to an activating group) is 1. The molecule has 29 heavy (non-hydrogen) atoms. The fourth-order valence-electron chi connectivity index (χ4n) is 3.50. The number of hydrogen-bond donors (Lipinski definition) is 1. The summed E-state index contributed by atoms with van der Waals surface area (Å²) in [6.45, 7) is 3.74. The van der Waals surface area contributed by atoms with Crippen molar-refractivity contribution in [2.75, 3.05) is 34.3 Å². The molecule has 1 heterocycles. The van der Waals surface area contributed by atoms with Gasteiger partial charge in [-0.3, -0.25) is 4.79 Å². The SMILES string of the molecule is COc1ccccc1CN(CCN(C)C)C(=O)Cc1c(C)[nH]c2ccc(F)cc12. The third kappa shape index (κ3) is 4.95. The van der Waals surface area contributed by atoms with Crippen LogP contribution in [-0.2, 0) is 17.8 Å². The number of carbonyl (C=O) groups excluding carboxylic acids is 1. The van der Waals surface area contributed by atoms with E-state index < -0.39 is 0 Å². The normalized spacial score (nSPS) is 11.2. The first kappa shape index (κ1) is 20.9. The van der Waals surface area contributed by atoms with Crippen LogP contribution < -0.4 is 4.74 Å². The number of benzene rings is 2. The molecule has 3 aromatic rings. The molecule has 0 fully saturated rings. The van der Waals surface area contributed by atoms with Crippen molar-refractivity contribution in [3.63, 3.8) is 0 Å². The van der Waals surface area contributed by atoms with E-state index in [1.807, 2.05) is 50.2 Å². The Labute approximate surface area is 171 Å². The van der Waals surface area contributed by atoms with Gasteiger partial charge in [-0.05, 0) is 50.8 Å². The van der Waals surface area contributed by atoms with Crippen molar-refractivity contribution < 1.29 is 13.9 Å². The average Bonchev–Trinajstić information content (AvgIpc) is 2.99. The van der Waals surface area contributed by atoms with Crippen LogP contribution in [0.25, 0.3) is 10.9 Å². The summed E-state index contributed by atoms with van der Waals surface area (Å²) in [6.07, 6.45) is 0.220. The van der Waals surface area contributed by atoms with Gasteiger partial charge in [0.2, 0.25) is 5.91 Å². The molecule has 2 aromatic carbocycles. The van der Waals surface area contributed by atoms with Gasteiger partial charge >= 0.3 is 0 Å². The minimum atomic E-state index is -0.302. The number of carbonyl (C=O) groups is 1. The van der Waals surface area contributed by atoms with Crippen LogP contribution in [0.2, 0.25) is 0 Å². The Balaban J connectivity index is 1.87. The third-order valence-corrected chi connectivity index (χ3v) is 5.13. The van der Waals surface area contributed by atoms with Crippen molar-refractivity contribution in [3.05, 3.63) is 65.1 Å². The number of aromatic amines is 1. The number of halogens is 1. The summed E-state index contributed by atoms with van der Waals surface area (Å²) in [5, 5.41) is 0.765. The minimum Gasteiger partial charge on any atom is -0.496 e. The number of amides is 1. The molecule has 0 bridgehead atoms. The van der Waals surface area contributed by atoms with Gasteiger partial charge in [-0.15, -0.1) is 0 Å². The maximum atomic E-state index is 13.8. The summed E-state index contributed by atoms with van der Waals surface area (Å²) in [5.41, 5.74) is 3.54. The van der Waals surface area contributed by atoms with Gasteiger partial charge in [0.1, 0.15) is 11.6 Å².